The number of carbonyl (C=O) groups is 1. The Kier molecular flexibility index (Phi) is 4.15. The zero-order valence-corrected chi connectivity index (χ0v) is 11.8. The highest BCUT2D eigenvalue weighted by Gasteiger charge is 2.06. The second kappa shape index (κ2) is 6.58. The molecule has 1 heterocycles. The molecule has 0 aliphatic heterocycles. The van der Waals surface area contributed by atoms with E-state index >= 15 is 0 Å². The van der Waals surface area contributed by atoms with Crippen molar-refractivity contribution in [3.8, 4) is 5.75 Å². The van der Waals surface area contributed by atoms with Gasteiger partial charge in [-0.3, -0.25) is 10.00 Å². The average molecular weight is 293 g/mol. The van der Waals surface area contributed by atoms with Gasteiger partial charge in [0.05, 0.1) is 18.4 Å². The molecule has 2 aromatic carbocycles. The lowest BCUT2D eigenvalue weighted by Crippen LogP contribution is -2.16. The number of ether oxygens (including phenoxy) is 1. The molecule has 0 saturated carbocycles. The van der Waals surface area contributed by atoms with Crippen LogP contribution in [0.1, 0.15) is 5.56 Å². The number of nitrogens with zero attached hydrogens (tertiary/aromatic N) is 2. The number of hydrogen-bond acceptors (Lipinski definition) is 3. The Morgan fingerprint density at radius 2 is 1.73 bits per heavy atom. The summed E-state index contributed by atoms with van der Waals surface area (Å²) in [6.07, 6.45) is 2.82. The van der Waals surface area contributed by atoms with E-state index in [2.05, 4.69) is 10.4 Å². The lowest BCUT2D eigenvalue weighted by molar-refractivity contribution is 0.215. The van der Waals surface area contributed by atoms with Crippen molar-refractivity contribution in [3.05, 3.63) is 78.6 Å². The van der Waals surface area contributed by atoms with Crippen molar-refractivity contribution in [1.82, 2.24) is 9.78 Å². The average Bonchev–Trinajstić information content (AvgIpc) is 2.96. The maximum Gasteiger partial charge on any atom is 0.417 e. The predicted molar refractivity (Wildman–Crippen MR) is 83.9 cm³/mol. The van der Waals surface area contributed by atoms with E-state index < -0.39 is 6.09 Å². The summed E-state index contributed by atoms with van der Waals surface area (Å²) in [6.45, 7) is 0.649. The number of rotatable bonds is 4. The second-order valence-corrected chi connectivity index (χ2v) is 4.74. The fraction of sp³-hybridized carbons (Fsp3) is 0.0588. The Labute approximate surface area is 128 Å². The highest BCUT2D eigenvalue weighted by atomic mass is 16.6. The highest BCUT2D eigenvalue weighted by molar-refractivity contribution is 5.85. The van der Waals surface area contributed by atoms with Gasteiger partial charge in [-0.2, -0.15) is 5.10 Å². The van der Waals surface area contributed by atoms with Crippen LogP contribution in [0.5, 0.6) is 5.75 Å². The molecule has 3 aromatic rings. The van der Waals surface area contributed by atoms with E-state index in [1.54, 1.807) is 41.3 Å². The first kappa shape index (κ1) is 13.9. The Bertz CT molecular complexity index is 739. The van der Waals surface area contributed by atoms with E-state index in [-0.39, 0.29) is 0 Å². The molecule has 0 atom stereocenters. The predicted octanol–water partition coefficient (Wildman–Crippen LogP) is 3.54. The highest BCUT2D eigenvalue weighted by Crippen LogP contribution is 2.11. The molecule has 0 radical (unpaired) electrons. The first-order valence-electron chi connectivity index (χ1n) is 6.90. The lowest BCUT2D eigenvalue weighted by atomic mass is 10.2. The summed E-state index contributed by atoms with van der Waals surface area (Å²) in [4.78, 5) is 11.8. The molecule has 0 fully saturated rings. The van der Waals surface area contributed by atoms with Crippen molar-refractivity contribution in [3.63, 3.8) is 0 Å². The van der Waals surface area contributed by atoms with E-state index in [4.69, 9.17) is 4.74 Å². The van der Waals surface area contributed by atoms with Gasteiger partial charge in [0.25, 0.3) is 0 Å². The van der Waals surface area contributed by atoms with Gasteiger partial charge in [-0.05, 0) is 17.7 Å². The number of benzene rings is 2. The number of aromatic nitrogens is 2. The van der Waals surface area contributed by atoms with Crippen molar-refractivity contribution < 1.29 is 9.53 Å². The molecule has 1 amide bonds. The van der Waals surface area contributed by atoms with E-state index in [0.29, 0.717) is 18.0 Å². The molecular formula is C17H15N3O2. The summed E-state index contributed by atoms with van der Waals surface area (Å²) >= 11 is 0. The third-order valence-corrected chi connectivity index (χ3v) is 3.02. The fourth-order valence-corrected chi connectivity index (χ4v) is 2.02. The molecule has 22 heavy (non-hydrogen) atoms. The van der Waals surface area contributed by atoms with Gasteiger partial charge < -0.3 is 4.74 Å². The molecule has 1 N–H and O–H groups in total. The summed E-state index contributed by atoms with van der Waals surface area (Å²) < 4.78 is 6.92. The second-order valence-electron chi connectivity index (χ2n) is 4.74. The molecule has 110 valence electrons. The monoisotopic (exact) mass is 293 g/mol. The van der Waals surface area contributed by atoms with E-state index in [1.165, 1.54) is 0 Å². The topological polar surface area (TPSA) is 56.2 Å². The summed E-state index contributed by atoms with van der Waals surface area (Å²) in [6, 6.07) is 18.9. The normalized spacial score (nSPS) is 10.2. The van der Waals surface area contributed by atoms with Gasteiger partial charge in [0, 0.05) is 6.20 Å². The Balaban J connectivity index is 1.58. The molecule has 0 saturated heterocycles. The van der Waals surface area contributed by atoms with E-state index in [9.17, 15) is 4.79 Å². The van der Waals surface area contributed by atoms with Gasteiger partial charge in [-0.25, -0.2) is 4.79 Å². The minimum atomic E-state index is -0.537. The maximum atomic E-state index is 11.8. The van der Waals surface area contributed by atoms with Gasteiger partial charge in [-0.15, -0.1) is 0 Å². The molecular weight excluding hydrogens is 278 g/mol. The van der Waals surface area contributed by atoms with Crippen LogP contribution in [0.4, 0.5) is 10.5 Å². The minimum Gasteiger partial charge on any atom is -0.410 e. The van der Waals surface area contributed by atoms with Crippen molar-refractivity contribution in [2.24, 2.45) is 0 Å². The third-order valence-electron chi connectivity index (χ3n) is 3.02. The van der Waals surface area contributed by atoms with Gasteiger partial charge in [-0.1, -0.05) is 48.5 Å². The van der Waals surface area contributed by atoms with Gasteiger partial charge in [0.2, 0.25) is 0 Å². The zero-order valence-electron chi connectivity index (χ0n) is 11.8. The quantitative estimate of drug-likeness (QED) is 0.800. The van der Waals surface area contributed by atoms with Crippen LogP contribution in [0.25, 0.3) is 0 Å². The van der Waals surface area contributed by atoms with E-state index in [1.807, 2.05) is 36.4 Å². The molecule has 0 spiro atoms. The van der Waals surface area contributed by atoms with Gasteiger partial charge in [0.1, 0.15) is 5.75 Å². The fourth-order valence-electron chi connectivity index (χ4n) is 2.02. The number of nitrogens with one attached hydrogen (secondary N) is 1. The molecule has 5 nitrogen and oxygen atoms in total. The molecule has 5 heteroatoms. The Morgan fingerprint density at radius 1 is 1.05 bits per heavy atom. The number of anilines is 1. The van der Waals surface area contributed by atoms with Gasteiger partial charge in [0.15, 0.2) is 0 Å². The molecule has 0 aliphatic carbocycles. The first-order chi connectivity index (χ1) is 10.8. The van der Waals surface area contributed by atoms with Crippen LogP contribution in [0.15, 0.2) is 73.1 Å². The van der Waals surface area contributed by atoms with Gasteiger partial charge >= 0.3 is 6.09 Å². The third kappa shape index (κ3) is 3.73. The molecule has 0 unspecified atom stereocenters. The Hall–Kier alpha value is -3.08. The number of hydrogen-bond donors (Lipinski definition) is 1. The number of para-hydroxylation sites is 1. The summed E-state index contributed by atoms with van der Waals surface area (Å²) in [7, 11) is 0. The van der Waals surface area contributed by atoms with Crippen LogP contribution in [-0.2, 0) is 6.54 Å². The van der Waals surface area contributed by atoms with Crippen LogP contribution >= 0.6 is 0 Å². The number of amides is 1. The van der Waals surface area contributed by atoms with Crippen molar-refractivity contribution in [2.75, 3.05) is 5.32 Å². The first-order valence-corrected chi connectivity index (χ1v) is 6.90. The van der Waals surface area contributed by atoms with E-state index in [0.717, 1.165) is 5.56 Å². The van der Waals surface area contributed by atoms with Crippen molar-refractivity contribution in [2.45, 2.75) is 6.54 Å². The Morgan fingerprint density at radius 3 is 2.45 bits per heavy atom. The molecule has 0 bridgehead atoms. The smallest absolute Gasteiger partial charge is 0.410 e. The summed E-state index contributed by atoms with van der Waals surface area (Å²) in [5, 5.41) is 6.87. The van der Waals surface area contributed by atoms with Crippen molar-refractivity contribution >= 4 is 11.8 Å². The van der Waals surface area contributed by atoms with Crippen LogP contribution < -0.4 is 10.1 Å². The lowest BCUT2D eigenvalue weighted by Gasteiger charge is -2.04. The van der Waals surface area contributed by atoms with Crippen molar-refractivity contribution in [1.29, 1.82) is 0 Å². The summed E-state index contributed by atoms with van der Waals surface area (Å²) in [5.41, 5.74) is 1.74. The van der Waals surface area contributed by atoms with Crippen LogP contribution in [0.3, 0.4) is 0 Å². The molecule has 0 aliphatic rings. The van der Waals surface area contributed by atoms with Crippen LogP contribution in [-0.4, -0.2) is 15.9 Å². The standard InChI is InChI=1S/C17H15N3O2/c21-17(22-16-9-5-2-6-10-16)19-15-11-18-20(13-15)12-14-7-3-1-4-8-14/h1-11,13H,12H2,(H,19,21). The maximum absolute atomic E-state index is 11.8. The molecule has 3 rings (SSSR count). The summed E-state index contributed by atoms with van der Waals surface area (Å²) in [5.74, 6) is 0.497. The number of carbonyl (C=O) groups excluding carboxylic acids is 1. The SMILES string of the molecule is O=C(Nc1cnn(Cc2ccccc2)c1)Oc1ccccc1. The molecule has 1 aromatic heterocycles. The minimum absolute atomic E-state index is 0.497. The largest absolute Gasteiger partial charge is 0.417 e. The van der Waals surface area contributed by atoms with Crippen LogP contribution in [0, 0.1) is 0 Å². The zero-order chi connectivity index (χ0) is 15.2. The van der Waals surface area contributed by atoms with Crippen LogP contribution in [0.2, 0.25) is 0 Å².